The maximum atomic E-state index is 13.9. The van der Waals surface area contributed by atoms with Gasteiger partial charge in [-0.1, -0.05) is 36.4 Å². The molecule has 8 nitrogen and oxygen atoms in total. The topological polar surface area (TPSA) is 81.5 Å². The Balaban J connectivity index is 1.58. The fourth-order valence-corrected chi connectivity index (χ4v) is 5.08. The van der Waals surface area contributed by atoms with Gasteiger partial charge in [0, 0.05) is 12.6 Å². The van der Waals surface area contributed by atoms with Crippen LogP contribution in [-0.2, 0) is 6.61 Å². The van der Waals surface area contributed by atoms with Crippen molar-refractivity contribution < 1.29 is 23.4 Å². The Labute approximate surface area is 233 Å². The fourth-order valence-electron chi connectivity index (χ4n) is 5.08. The number of carbonyl (C=O) groups is 1. The minimum Gasteiger partial charge on any atom is -0.497 e. The van der Waals surface area contributed by atoms with Crippen LogP contribution in [0.3, 0.4) is 0 Å². The summed E-state index contributed by atoms with van der Waals surface area (Å²) in [6, 6.07) is 19.9. The van der Waals surface area contributed by atoms with Crippen LogP contribution >= 0.6 is 0 Å². The summed E-state index contributed by atoms with van der Waals surface area (Å²) in [4.78, 5) is 31.4. The zero-order chi connectivity index (χ0) is 28.2. The van der Waals surface area contributed by atoms with Gasteiger partial charge in [-0.25, -0.2) is 0 Å². The van der Waals surface area contributed by atoms with Crippen LogP contribution in [0, 0.1) is 0 Å². The third-order valence-electron chi connectivity index (χ3n) is 7.00. The number of benzene rings is 3. The minimum atomic E-state index is -0.616. The molecule has 1 aliphatic heterocycles. The smallest absolute Gasteiger partial charge is 0.290 e. The maximum Gasteiger partial charge on any atom is 0.290 e. The van der Waals surface area contributed by atoms with E-state index in [2.05, 4.69) is 4.90 Å². The molecule has 208 valence electrons. The van der Waals surface area contributed by atoms with E-state index in [1.54, 1.807) is 30.2 Å². The summed E-state index contributed by atoms with van der Waals surface area (Å²) >= 11 is 0. The average molecular weight is 543 g/mol. The normalized spacial score (nSPS) is 14.6. The number of ether oxygens (including phenoxy) is 3. The molecule has 8 heteroatoms. The minimum absolute atomic E-state index is 0.0722. The number of methoxy groups -OCH3 is 1. The fraction of sp³-hybridized carbons (Fsp3) is 0.312. The Bertz CT molecular complexity index is 1560. The molecule has 1 aromatic heterocycles. The lowest BCUT2D eigenvalue weighted by molar-refractivity contribution is 0.0722. The largest absolute Gasteiger partial charge is 0.497 e. The van der Waals surface area contributed by atoms with Crippen LogP contribution in [-0.4, -0.2) is 56.6 Å². The Morgan fingerprint density at radius 2 is 1.75 bits per heavy atom. The molecule has 4 aromatic rings. The van der Waals surface area contributed by atoms with Crippen LogP contribution in [0.2, 0.25) is 0 Å². The van der Waals surface area contributed by atoms with Crippen LogP contribution in [0.15, 0.2) is 75.9 Å². The van der Waals surface area contributed by atoms with Crippen molar-refractivity contribution in [2.24, 2.45) is 0 Å². The van der Waals surface area contributed by atoms with E-state index >= 15 is 0 Å². The molecule has 1 atom stereocenters. The standard InChI is InChI=1S/C32H34N2O6/c1-5-38-27-18-22(12-15-25(27)39-20-21-10-7-6-8-11-21)29-28-30(35)24-14-13-23(37-4)19-26(24)40-31(28)32(36)34(29)17-9-16-33(2)3/h6-8,10-15,18-19,29H,5,9,16-17,20H2,1-4H3. The van der Waals surface area contributed by atoms with Gasteiger partial charge in [-0.2, -0.15) is 0 Å². The first kappa shape index (κ1) is 27.3. The number of carbonyl (C=O) groups excluding carboxylic acids is 1. The summed E-state index contributed by atoms with van der Waals surface area (Å²) in [5, 5.41) is 0.403. The van der Waals surface area contributed by atoms with E-state index in [1.165, 1.54) is 0 Å². The number of hydrogen-bond acceptors (Lipinski definition) is 7. The number of nitrogens with zero attached hydrogens (tertiary/aromatic N) is 2. The Hall–Kier alpha value is -4.30. The lowest BCUT2D eigenvalue weighted by Crippen LogP contribution is -2.32. The van der Waals surface area contributed by atoms with Crippen LogP contribution < -0.4 is 19.6 Å². The van der Waals surface area contributed by atoms with Gasteiger partial charge in [-0.15, -0.1) is 0 Å². The van der Waals surface area contributed by atoms with Gasteiger partial charge in [-0.05, 0) is 69.4 Å². The monoisotopic (exact) mass is 542 g/mol. The first-order valence-corrected chi connectivity index (χ1v) is 13.4. The third-order valence-corrected chi connectivity index (χ3v) is 7.00. The molecule has 0 fully saturated rings. The predicted octanol–water partition coefficient (Wildman–Crippen LogP) is 5.28. The second-order valence-corrected chi connectivity index (χ2v) is 10.0. The molecule has 0 bridgehead atoms. The SMILES string of the molecule is CCOc1cc(C2c3c(oc4cc(OC)ccc4c3=O)C(=O)N2CCCN(C)C)ccc1OCc1ccccc1. The van der Waals surface area contributed by atoms with Gasteiger partial charge >= 0.3 is 0 Å². The van der Waals surface area contributed by atoms with E-state index in [-0.39, 0.29) is 17.1 Å². The summed E-state index contributed by atoms with van der Waals surface area (Å²) in [5.74, 6) is 1.47. The van der Waals surface area contributed by atoms with Crippen LogP contribution in [0.1, 0.15) is 46.6 Å². The zero-order valence-electron chi connectivity index (χ0n) is 23.3. The highest BCUT2D eigenvalue weighted by Gasteiger charge is 2.42. The van der Waals surface area contributed by atoms with Crippen molar-refractivity contribution in [2.45, 2.75) is 26.0 Å². The molecule has 40 heavy (non-hydrogen) atoms. The van der Waals surface area contributed by atoms with Crippen molar-refractivity contribution in [3.05, 3.63) is 99.4 Å². The molecule has 0 radical (unpaired) electrons. The van der Waals surface area contributed by atoms with Crippen LogP contribution in [0.5, 0.6) is 17.2 Å². The van der Waals surface area contributed by atoms with E-state index in [0.717, 1.165) is 24.1 Å². The van der Waals surface area contributed by atoms with Gasteiger partial charge in [-0.3, -0.25) is 9.59 Å². The highest BCUT2D eigenvalue weighted by atomic mass is 16.5. The molecule has 0 N–H and O–H groups in total. The molecule has 5 rings (SSSR count). The van der Waals surface area contributed by atoms with E-state index < -0.39 is 6.04 Å². The van der Waals surface area contributed by atoms with Gasteiger partial charge < -0.3 is 28.4 Å². The lowest BCUT2D eigenvalue weighted by Gasteiger charge is -2.26. The van der Waals surface area contributed by atoms with Gasteiger partial charge in [0.1, 0.15) is 17.9 Å². The lowest BCUT2D eigenvalue weighted by atomic mass is 9.98. The van der Waals surface area contributed by atoms with E-state index in [1.807, 2.05) is 69.6 Å². The second-order valence-electron chi connectivity index (χ2n) is 10.0. The van der Waals surface area contributed by atoms with E-state index in [0.29, 0.717) is 53.5 Å². The Morgan fingerprint density at radius 3 is 2.48 bits per heavy atom. The maximum absolute atomic E-state index is 13.9. The van der Waals surface area contributed by atoms with Crippen molar-refractivity contribution in [3.63, 3.8) is 0 Å². The Kier molecular flexibility index (Phi) is 8.07. The van der Waals surface area contributed by atoms with Crippen molar-refractivity contribution >= 4 is 16.9 Å². The zero-order valence-corrected chi connectivity index (χ0v) is 23.3. The predicted molar refractivity (Wildman–Crippen MR) is 153 cm³/mol. The molecule has 0 aliphatic carbocycles. The van der Waals surface area contributed by atoms with Crippen molar-refractivity contribution in [2.75, 3.05) is 40.9 Å². The van der Waals surface area contributed by atoms with Gasteiger partial charge in [0.15, 0.2) is 16.9 Å². The number of rotatable bonds is 11. The molecule has 3 aromatic carbocycles. The van der Waals surface area contributed by atoms with Gasteiger partial charge in [0.25, 0.3) is 5.91 Å². The molecule has 0 saturated carbocycles. The summed E-state index contributed by atoms with van der Waals surface area (Å²) in [6.45, 7) is 3.99. The highest BCUT2D eigenvalue weighted by Crippen LogP contribution is 2.41. The van der Waals surface area contributed by atoms with Crippen molar-refractivity contribution in [1.82, 2.24) is 9.80 Å². The summed E-state index contributed by atoms with van der Waals surface area (Å²) < 4.78 is 23.5. The molecule has 1 amide bonds. The van der Waals surface area contributed by atoms with Crippen molar-refractivity contribution in [1.29, 1.82) is 0 Å². The molecule has 1 aliphatic rings. The molecule has 0 spiro atoms. The molecule has 0 saturated heterocycles. The molecular weight excluding hydrogens is 508 g/mol. The molecule has 2 heterocycles. The number of fused-ring (bicyclic) bond motifs is 2. The summed E-state index contributed by atoms with van der Waals surface area (Å²) in [6.07, 6.45) is 0.737. The first-order valence-electron chi connectivity index (χ1n) is 13.4. The van der Waals surface area contributed by atoms with E-state index in [9.17, 15) is 9.59 Å². The van der Waals surface area contributed by atoms with Gasteiger partial charge in [0.05, 0.1) is 30.7 Å². The average Bonchev–Trinajstić information content (AvgIpc) is 3.24. The summed E-state index contributed by atoms with van der Waals surface area (Å²) in [7, 11) is 5.53. The summed E-state index contributed by atoms with van der Waals surface area (Å²) in [5.41, 5.74) is 2.23. The second kappa shape index (κ2) is 11.8. The van der Waals surface area contributed by atoms with Crippen molar-refractivity contribution in [3.8, 4) is 17.2 Å². The van der Waals surface area contributed by atoms with E-state index in [4.69, 9.17) is 18.6 Å². The molecule has 1 unspecified atom stereocenters. The first-order chi connectivity index (χ1) is 19.4. The third kappa shape index (κ3) is 5.40. The number of hydrogen-bond donors (Lipinski definition) is 0. The number of amides is 1. The van der Waals surface area contributed by atoms with Crippen LogP contribution in [0.25, 0.3) is 11.0 Å². The quantitative estimate of drug-likeness (QED) is 0.255. The highest BCUT2D eigenvalue weighted by molar-refractivity contribution is 5.99. The van der Waals surface area contributed by atoms with Gasteiger partial charge in [0.2, 0.25) is 5.76 Å². The molecular formula is C32H34N2O6. The van der Waals surface area contributed by atoms with Crippen LogP contribution in [0.4, 0.5) is 0 Å². The Morgan fingerprint density at radius 1 is 0.950 bits per heavy atom.